The van der Waals surface area contributed by atoms with Gasteiger partial charge in [-0.05, 0) is 166 Å². The zero-order chi connectivity index (χ0) is 76.4. The van der Waals surface area contributed by atoms with Crippen LogP contribution < -0.4 is 14.2 Å². The number of hydrogen-bond acceptors (Lipinski definition) is 26. The van der Waals surface area contributed by atoms with E-state index in [1.807, 2.05) is 40.1 Å². The van der Waals surface area contributed by atoms with Gasteiger partial charge in [0.05, 0.1) is 38.4 Å². The van der Waals surface area contributed by atoms with Crippen molar-refractivity contribution in [3.63, 3.8) is 0 Å². The number of likely N-dealkylation sites (tertiary alicyclic amines) is 3. The lowest BCUT2D eigenvalue weighted by Gasteiger charge is -2.61. The van der Waals surface area contributed by atoms with E-state index >= 15 is 0 Å². The van der Waals surface area contributed by atoms with Crippen LogP contribution in [0.25, 0.3) is 0 Å². The summed E-state index contributed by atoms with van der Waals surface area (Å²) in [6.07, 6.45) is 3.68. The van der Waals surface area contributed by atoms with Crippen LogP contribution in [0.1, 0.15) is 125 Å². The first-order valence-electron chi connectivity index (χ1n) is 34.9. The van der Waals surface area contributed by atoms with Crippen molar-refractivity contribution in [3.8, 4) is 23.0 Å². The number of cyclic esters (lactones) is 2. The highest BCUT2D eigenvalue weighted by atomic mass is 35.5. The molecule has 0 radical (unpaired) electrons. The Bertz CT molecular complexity index is 4080. The van der Waals surface area contributed by atoms with Crippen molar-refractivity contribution in [1.29, 1.82) is 0 Å². The Kier molecular flexibility index (Phi) is 20.2. The van der Waals surface area contributed by atoms with Gasteiger partial charge in [-0.2, -0.15) is 0 Å². The number of aliphatic carboxylic acids is 2. The first kappa shape index (κ1) is 76.3. The molecule has 7 heterocycles. The van der Waals surface area contributed by atoms with Crippen molar-refractivity contribution in [3.05, 3.63) is 116 Å². The van der Waals surface area contributed by atoms with Gasteiger partial charge in [0, 0.05) is 74.8 Å². The number of nitrogens with zero attached hydrogens (tertiary/aromatic N) is 3. The number of aromatic hydroxyl groups is 1. The summed E-state index contributed by atoms with van der Waals surface area (Å²) in [4.78, 5) is 110. The second-order valence-electron chi connectivity index (χ2n) is 29.7. The molecule has 13 aliphatic rings. The van der Waals surface area contributed by atoms with Crippen LogP contribution in [-0.4, -0.2) is 222 Å². The zero-order valence-corrected chi connectivity index (χ0v) is 61.4. The Hall–Kier alpha value is -8.35. The third kappa shape index (κ3) is 11.7. The minimum Gasteiger partial charge on any atom is -0.509 e. The number of phenols is 1. The molecule has 16 rings (SSSR count). The Morgan fingerprint density at radius 1 is 0.552 bits per heavy atom. The summed E-state index contributed by atoms with van der Waals surface area (Å²) < 4.78 is 48.7. The van der Waals surface area contributed by atoms with E-state index in [0.717, 1.165) is 84.7 Å². The van der Waals surface area contributed by atoms with Crippen LogP contribution >= 0.6 is 23.2 Å². The van der Waals surface area contributed by atoms with Gasteiger partial charge in [-0.3, -0.25) is 28.8 Å². The number of likely N-dealkylation sites (N-methyl/N-ethyl adjacent to an activating group) is 3. The molecule has 0 aromatic heterocycles. The second-order valence-corrected chi connectivity index (χ2v) is 30.5. The lowest BCUT2D eigenvalue weighted by atomic mass is 9.50. The van der Waals surface area contributed by atoms with Crippen LogP contribution in [-0.2, 0) is 107 Å². The number of aliphatic hydroxyl groups excluding tert-OH is 1. The highest BCUT2D eigenvalue weighted by molar-refractivity contribution is 6.40. The molecule has 4 fully saturated rings. The van der Waals surface area contributed by atoms with Gasteiger partial charge in [-0.1, -0.05) is 30.3 Å². The summed E-state index contributed by atoms with van der Waals surface area (Å²) in [5, 5.41) is 76.0. The standard InChI is InChI=1S/C25H29NO8.C24H27NO9.C18H21NO3.C7H8O5.CH2Cl2/c1-12-5-6-15-11-17-25(31)8-7-16(33-23(30)13(2)20(22(28)29)32-14(3)27)21-24(25,9-10-26(17)4)18(15)19(12)34-21;1-11(18(21(28)29)32-12(2)26)22(30)33-15-6-7-24(31)16-10-13-4-5-14(27)19-17(13)23(24,20(15)34-19)8-9-25(16)3;1-10-3-4-11-9-13-18(21)6-5-12(20)16-17(18,7-8-19(13)2)14(11)15(10)22-16;1-3-5(11-4(2)8)7(10)12-6(3)9;2-1-3/h5-7,13,17,20-21,31H,8-11H2,1-4H3,(H,28,29);4-6,11,16,18,20,27,31H,7-10H2,1-3H3,(H,28,29);3-5,13,16,20-21H,6-9H2,1-2H3;3,5H,1-2H3;1H2/t13-,17+,20-,21-,24-,25+;11-,16+,18-,20-,23-,24+;13-,16+,17+,18-;3-,5-;/m0010./s1. The van der Waals surface area contributed by atoms with E-state index in [1.165, 1.54) is 38.8 Å². The van der Waals surface area contributed by atoms with Gasteiger partial charge in [0.25, 0.3) is 0 Å². The minimum absolute atomic E-state index is 0.0536. The highest BCUT2D eigenvalue weighted by Gasteiger charge is 2.75. The number of piperidine rings is 3. The van der Waals surface area contributed by atoms with Crippen LogP contribution in [0.3, 0.4) is 0 Å². The van der Waals surface area contributed by atoms with Crippen molar-refractivity contribution < 1.29 is 122 Å². The van der Waals surface area contributed by atoms with Gasteiger partial charge < -0.3 is 93.1 Å². The fourth-order valence-electron chi connectivity index (χ4n) is 19.2. The predicted molar refractivity (Wildman–Crippen MR) is 368 cm³/mol. The molecule has 6 aliphatic carbocycles. The van der Waals surface area contributed by atoms with Crippen molar-refractivity contribution in [2.75, 3.05) is 46.1 Å². The van der Waals surface area contributed by atoms with E-state index < -0.39 is 141 Å². The van der Waals surface area contributed by atoms with Gasteiger partial charge in [0.15, 0.2) is 29.8 Å². The normalized spacial score (nSPS) is 33.2. The average molecular weight is 1500 g/mol. The average Bonchev–Trinajstić information content (AvgIpc) is 1.60. The molecule has 105 heavy (non-hydrogen) atoms. The molecule has 3 aromatic carbocycles. The topological polar surface area (TPSA) is 388 Å². The molecule has 30 heteroatoms. The molecule has 3 spiro atoms. The molecule has 566 valence electrons. The number of halogens is 2. The van der Waals surface area contributed by atoms with Crippen molar-refractivity contribution in [1.82, 2.24) is 14.7 Å². The van der Waals surface area contributed by atoms with Gasteiger partial charge in [-0.15, -0.1) is 23.2 Å². The fourth-order valence-corrected chi connectivity index (χ4v) is 19.2. The monoisotopic (exact) mass is 1500 g/mol. The summed E-state index contributed by atoms with van der Waals surface area (Å²) in [6.45, 7) is 13.8. The smallest absolute Gasteiger partial charge is 0.356 e. The Balaban J connectivity index is 0.000000137. The van der Waals surface area contributed by atoms with Crippen LogP contribution in [0.5, 0.6) is 23.0 Å². The Labute approximate surface area is 614 Å². The third-order valence-corrected chi connectivity index (χ3v) is 24.2. The quantitative estimate of drug-likeness (QED) is 0.0559. The minimum atomic E-state index is -1.70. The summed E-state index contributed by atoms with van der Waals surface area (Å²) in [7, 11) is 6.08. The SMILES string of the molecule is CC(=O)O[C@@H]1C(=O)OC(=O)[C@H]1C.CC(=O)O[C@H](C(=O)O)[C@H](C)C(=O)OC1=CC[C@@]2(O)[C@H]3Cc4ccc(C)c5c4[C@@]2(CCN3C)[C@H]1O5.CC(=O)O[C@H](C(=O)O)[C@H](C)C(=O)OC1=CC[C@@]2(O)[C@H]3Cc4ccc(O)c5c4[C@@]2(CCN3C)[C@H]1O5.Cc1ccc2c3c1O[C@H]1C(O)=CC[C@@]4(O)[C@@H](C2)N(C)CC[C@]314.ClCCl. The lowest BCUT2D eigenvalue weighted by Crippen LogP contribution is -2.74. The van der Waals surface area contributed by atoms with Crippen molar-refractivity contribution in [2.45, 2.75) is 201 Å². The number of hydrogen-bond donors (Lipinski definition) is 7. The molecular formula is C75H87Cl2N3O25. The Morgan fingerprint density at radius 2 is 0.914 bits per heavy atom. The molecule has 3 aromatic rings. The van der Waals surface area contributed by atoms with E-state index in [9.17, 15) is 78.9 Å². The molecule has 6 bridgehead atoms. The van der Waals surface area contributed by atoms with Crippen LogP contribution in [0.4, 0.5) is 0 Å². The van der Waals surface area contributed by atoms with Gasteiger partial charge in [0.2, 0.25) is 18.3 Å². The molecule has 28 nitrogen and oxygen atoms in total. The first-order valence-corrected chi connectivity index (χ1v) is 36.0. The van der Waals surface area contributed by atoms with Crippen molar-refractivity contribution >= 4 is 76.9 Å². The summed E-state index contributed by atoms with van der Waals surface area (Å²) in [5.74, 6) is -8.95. The summed E-state index contributed by atoms with van der Waals surface area (Å²) in [5.41, 5.74) is 2.99. The number of benzene rings is 3. The van der Waals surface area contributed by atoms with Crippen LogP contribution in [0.15, 0.2) is 71.9 Å². The fraction of sp³-hybridized carbons (Fsp3) is 0.560. The molecule has 7 aliphatic heterocycles. The number of carboxylic acid groups (broad SMARTS) is 2. The molecular weight excluding hydrogens is 1410 g/mol. The zero-order valence-electron chi connectivity index (χ0n) is 59.9. The maximum Gasteiger partial charge on any atom is 0.356 e. The first-order chi connectivity index (χ1) is 49.4. The van der Waals surface area contributed by atoms with E-state index in [1.54, 1.807) is 24.3 Å². The van der Waals surface area contributed by atoms with Gasteiger partial charge in [-0.25, -0.2) is 14.4 Å². The molecule has 4 saturated heterocycles. The van der Waals surface area contributed by atoms with Gasteiger partial charge in [0.1, 0.15) is 46.5 Å². The number of aryl methyl sites for hydroxylation is 2. The van der Waals surface area contributed by atoms with E-state index in [4.69, 9.17) is 56.4 Å². The molecule has 18 atom stereocenters. The molecule has 7 N–H and O–H groups in total. The Morgan fingerprint density at radius 3 is 1.29 bits per heavy atom. The number of esters is 7. The predicted octanol–water partition coefficient (Wildman–Crippen LogP) is 5.22. The number of rotatable bonds is 11. The maximum atomic E-state index is 13.0. The number of phenolic OH excluding ortho intramolecular Hbond substituents is 1. The number of carbonyl (C=O) groups is 9. The number of carbonyl (C=O) groups excluding carboxylic acids is 7. The molecule has 0 unspecified atom stereocenters. The molecule has 0 amide bonds. The third-order valence-electron chi connectivity index (χ3n) is 24.2. The van der Waals surface area contributed by atoms with Crippen LogP contribution in [0.2, 0.25) is 0 Å². The summed E-state index contributed by atoms with van der Waals surface area (Å²) in [6, 6.07) is 11.6. The summed E-state index contributed by atoms with van der Waals surface area (Å²) >= 11 is 9.53. The number of aliphatic hydroxyl groups is 4. The second kappa shape index (κ2) is 27.8. The van der Waals surface area contributed by atoms with E-state index in [-0.39, 0.29) is 65.1 Å². The number of ether oxygens (including phenoxy) is 9. The number of alkyl halides is 2. The van der Waals surface area contributed by atoms with Crippen LogP contribution in [0, 0.1) is 31.6 Å². The number of carboxylic acids is 2. The van der Waals surface area contributed by atoms with E-state index in [0.29, 0.717) is 38.6 Å². The molecule has 0 saturated carbocycles. The lowest BCUT2D eigenvalue weighted by molar-refractivity contribution is -0.177. The van der Waals surface area contributed by atoms with Gasteiger partial charge >= 0.3 is 53.7 Å². The highest BCUT2D eigenvalue weighted by Crippen LogP contribution is 2.68. The van der Waals surface area contributed by atoms with Crippen molar-refractivity contribution in [2.24, 2.45) is 17.8 Å². The van der Waals surface area contributed by atoms with E-state index in [2.05, 4.69) is 49.4 Å². The largest absolute Gasteiger partial charge is 0.509 e. The maximum absolute atomic E-state index is 13.0.